The first-order valence-electron chi connectivity index (χ1n) is 5.44. The molecular formula is C14H11ClN2. The monoisotopic (exact) mass is 242 g/mol. The Morgan fingerprint density at radius 3 is 2.47 bits per heavy atom. The molecule has 3 rings (SSSR count). The molecule has 0 atom stereocenters. The minimum absolute atomic E-state index is 0.728. The molecule has 1 aromatic heterocycles. The van der Waals surface area contributed by atoms with Gasteiger partial charge in [-0.1, -0.05) is 35.9 Å². The Hall–Kier alpha value is -1.80. The van der Waals surface area contributed by atoms with Gasteiger partial charge in [-0.25, -0.2) is 4.98 Å². The third kappa shape index (κ3) is 1.61. The topological polar surface area (TPSA) is 17.8 Å². The Morgan fingerprint density at radius 2 is 1.71 bits per heavy atom. The van der Waals surface area contributed by atoms with Crippen molar-refractivity contribution in [3.8, 4) is 11.4 Å². The van der Waals surface area contributed by atoms with Crippen molar-refractivity contribution in [3.63, 3.8) is 0 Å². The van der Waals surface area contributed by atoms with E-state index in [-0.39, 0.29) is 0 Å². The maximum Gasteiger partial charge on any atom is 0.142 e. The highest BCUT2D eigenvalue weighted by atomic mass is 35.5. The van der Waals surface area contributed by atoms with Crippen LogP contribution in [0.15, 0.2) is 48.5 Å². The van der Waals surface area contributed by atoms with Crippen molar-refractivity contribution in [2.75, 3.05) is 0 Å². The van der Waals surface area contributed by atoms with E-state index in [2.05, 4.69) is 15.6 Å². The number of aromatic nitrogens is 2. The third-order valence-electron chi connectivity index (χ3n) is 2.90. The average molecular weight is 243 g/mol. The molecule has 2 aromatic carbocycles. The number of hydrogen-bond acceptors (Lipinski definition) is 1. The lowest BCUT2D eigenvalue weighted by Gasteiger charge is -2.04. The van der Waals surface area contributed by atoms with Gasteiger partial charge in [-0.2, -0.15) is 0 Å². The van der Waals surface area contributed by atoms with E-state index in [0.29, 0.717) is 0 Å². The molecule has 0 amide bonds. The fraction of sp³-hybridized carbons (Fsp3) is 0.0714. The zero-order valence-electron chi connectivity index (χ0n) is 9.39. The summed E-state index contributed by atoms with van der Waals surface area (Å²) in [6.07, 6.45) is 0. The van der Waals surface area contributed by atoms with Gasteiger partial charge in [0.05, 0.1) is 16.1 Å². The lowest BCUT2D eigenvalue weighted by Crippen LogP contribution is -1.92. The summed E-state index contributed by atoms with van der Waals surface area (Å²) < 4.78 is 2.07. The van der Waals surface area contributed by atoms with Crippen LogP contribution in [-0.2, 0) is 7.05 Å². The summed E-state index contributed by atoms with van der Waals surface area (Å²) in [4.78, 5) is 4.62. The number of imidazole rings is 1. The highest BCUT2D eigenvalue weighted by Gasteiger charge is 2.11. The van der Waals surface area contributed by atoms with Crippen molar-refractivity contribution < 1.29 is 0 Å². The number of para-hydroxylation sites is 2. The molecule has 0 radical (unpaired) electrons. The largest absolute Gasteiger partial charge is 0.327 e. The van der Waals surface area contributed by atoms with Crippen molar-refractivity contribution in [1.82, 2.24) is 9.55 Å². The van der Waals surface area contributed by atoms with Crippen LogP contribution in [0.1, 0.15) is 0 Å². The number of halogens is 1. The fourth-order valence-electron chi connectivity index (χ4n) is 2.03. The molecule has 17 heavy (non-hydrogen) atoms. The van der Waals surface area contributed by atoms with Gasteiger partial charge in [0, 0.05) is 12.6 Å². The molecule has 0 fully saturated rings. The predicted octanol–water partition coefficient (Wildman–Crippen LogP) is 3.89. The third-order valence-corrected chi connectivity index (χ3v) is 3.23. The summed E-state index contributed by atoms with van der Waals surface area (Å²) >= 11 is 6.20. The van der Waals surface area contributed by atoms with Crippen LogP contribution < -0.4 is 0 Å². The van der Waals surface area contributed by atoms with Gasteiger partial charge in [0.1, 0.15) is 5.82 Å². The van der Waals surface area contributed by atoms with Gasteiger partial charge < -0.3 is 4.57 Å². The van der Waals surface area contributed by atoms with Crippen molar-refractivity contribution in [3.05, 3.63) is 53.6 Å². The lowest BCUT2D eigenvalue weighted by molar-refractivity contribution is 0.959. The minimum Gasteiger partial charge on any atom is -0.327 e. The summed E-state index contributed by atoms with van der Waals surface area (Å²) in [5.41, 5.74) is 3.07. The molecule has 0 bridgehead atoms. The fourth-order valence-corrected chi connectivity index (χ4v) is 2.25. The smallest absolute Gasteiger partial charge is 0.142 e. The van der Waals surface area contributed by atoms with Crippen LogP contribution in [0.25, 0.3) is 22.4 Å². The number of benzene rings is 2. The Bertz CT molecular complexity index is 686. The van der Waals surface area contributed by atoms with Gasteiger partial charge >= 0.3 is 0 Å². The molecule has 0 N–H and O–H groups in total. The SMILES string of the molecule is Cn1c(-c2ccccc2Cl)nc2ccccc21. The summed E-state index contributed by atoms with van der Waals surface area (Å²) in [7, 11) is 2.01. The first-order chi connectivity index (χ1) is 8.27. The normalized spacial score (nSPS) is 10.9. The van der Waals surface area contributed by atoms with E-state index in [4.69, 9.17) is 11.6 Å². The molecule has 1 heterocycles. The van der Waals surface area contributed by atoms with E-state index in [1.54, 1.807) is 0 Å². The Labute approximate surface area is 104 Å². The van der Waals surface area contributed by atoms with E-state index in [9.17, 15) is 0 Å². The molecule has 0 saturated heterocycles. The maximum absolute atomic E-state index is 6.20. The first kappa shape index (κ1) is 10.4. The molecule has 0 spiro atoms. The van der Waals surface area contributed by atoms with Gasteiger partial charge in [-0.05, 0) is 24.3 Å². The molecular weight excluding hydrogens is 232 g/mol. The van der Waals surface area contributed by atoms with Crippen LogP contribution in [0.2, 0.25) is 5.02 Å². The van der Waals surface area contributed by atoms with Gasteiger partial charge in [0.15, 0.2) is 0 Å². The second-order valence-electron chi connectivity index (χ2n) is 3.96. The quantitative estimate of drug-likeness (QED) is 0.633. The number of aryl methyl sites for hydroxylation is 1. The second-order valence-corrected chi connectivity index (χ2v) is 4.37. The predicted molar refractivity (Wildman–Crippen MR) is 71.2 cm³/mol. The molecule has 3 heteroatoms. The summed E-state index contributed by atoms with van der Waals surface area (Å²) in [6, 6.07) is 15.8. The molecule has 0 saturated carbocycles. The van der Waals surface area contributed by atoms with Crippen LogP contribution in [0.5, 0.6) is 0 Å². The van der Waals surface area contributed by atoms with E-state index in [1.165, 1.54) is 0 Å². The lowest BCUT2D eigenvalue weighted by atomic mass is 10.2. The molecule has 0 aliphatic heterocycles. The molecule has 0 aliphatic rings. The minimum atomic E-state index is 0.728. The van der Waals surface area contributed by atoms with Gasteiger partial charge in [-0.3, -0.25) is 0 Å². The highest BCUT2D eigenvalue weighted by molar-refractivity contribution is 6.33. The van der Waals surface area contributed by atoms with Gasteiger partial charge in [0.25, 0.3) is 0 Å². The van der Waals surface area contributed by atoms with Crippen molar-refractivity contribution in [2.24, 2.45) is 7.05 Å². The Morgan fingerprint density at radius 1 is 1.00 bits per heavy atom. The Balaban J connectivity index is 2.32. The standard InChI is InChI=1S/C14H11ClN2/c1-17-13-9-5-4-8-12(13)16-14(17)10-6-2-3-7-11(10)15/h2-9H,1H3. The second kappa shape index (κ2) is 3.90. The van der Waals surface area contributed by atoms with Crippen LogP contribution in [-0.4, -0.2) is 9.55 Å². The average Bonchev–Trinajstić information content (AvgIpc) is 2.68. The number of nitrogens with zero attached hydrogens (tertiary/aromatic N) is 2. The van der Waals surface area contributed by atoms with Crippen molar-refractivity contribution in [2.45, 2.75) is 0 Å². The molecule has 0 unspecified atom stereocenters. The number of rotatable bonds is 1. The highest BCUT2D eigenvalue weighted by Crippen LogP contribution is 2.28. The van der Waals surface area contributed by atoms with Crippen LogP contribution >= 0.6 is 11.6 Å². The molecule has 3 aromatic rings. The summed E-state index contributed by atoms with van der Waals surface area (Å²) in [5.74, 6) is 0.900. The van der Waals surface area contributed by atoms with E-state index in [0.717, 1.165) is 27.4 Å². The van der Waals surface area contributed by atoms with E-state index >= 15 is 0 Å². The van der Waals surface area contributed by atoms with Crippen LogP contribution in [0, 0.1) is 0 Å². The number of fused-ring (bicyclic) bond motifs is 1. The zero-order valence-corrected chi connectivity index (χ0v) is 10.1. The number of hydrogen-bond donors (Lipinski definition) is 0. The van der Waals surface area contributed by atoms with Crippen molar-refractivity contribution in [1.29, 1.82) is 0 Å². The van der Waals surface area contributed by atoms with Gasteiger partial charge in [-0.15, -0.1) is 0 Å². The van der Waals surface area contributed by atoms with Crippen molar-refractivity contribution >= 4 is 22.6 Å². The summed E-state index contributed by atoms with van der Waals surface area (Å²) in [5, 5.41) is 0.728. The summed E-state index contributed by atoms with van der Waals surface area (Å²) in [6.45, 7) is 0. The van der Waals surface area contributed by atoms with Gasteiger partial charge in [0.2, 0.25) is 0 Å². The maximum atomic E-state index is 6.20. The van der Waals surface area contributed by atoms with E-state index in [1.807, 2.05) is 49.5 Å². The molecule has 84 valence electrons. The molecule has 2 nitrogen and oxygen atoms in total. The zero-order chi connectivity index (χ0) is 11.8. The van der Waals surface area contributed by atoms with Crippen LogP contribution in [0.4, 0.5) is 0 Å². The van der Waals surface area contributed by atoms with E-state index < -0.39 is 0 Å². The van der Waals surface area contributed by atoms with Crippen LogP contribution in [0.3, 0.4) is 0 Å². The first-order valence-corrected chi connectivity index (χ1v) is 5.81. The molecule has 0 aliphatic carbocycles. The Kier molecular flexibility index (Phi) is 2.37.